The molecule has 0 unspecified atom stereocenters. The molecule has 1 aliphatic rings. The molecule has 0 aliphatic heterocycles. The Morgan fingerprint density at radius 3 is 1.53 bits per heavy atom. The van der Waals surface area contributed by atoms with E-state index in [-0.39, 0.29) is 18.3 Å². The quantitative estimate of drug-likeness (QED) is 0.130. The molecule has 5 nitrogen and oxygen atoms in total. The molecule has 6 rings (SSSR count). The average molecular weight is 587 g/mol. The molecule has 1 amide bonds. The highest BCUT2D eigenvalue weighted by molar-refractivity contribution is 8.00. The predicted molar refractivity (Wildman–Crippen MR) is 171 cm³/mol. The molecule has 0 bridgehead atoms. The van der Waals surface area contributed by atoms with Crippen LogP contribution in [0.2, 0.25) is 0 Å². The van der Waals surface area contributed by atoms with E-state index in [9.17, 15) is 14.7 Å². The highest BCUT2D eigenvalue weighted by Crippen LogP contribution is 2.49. The first kappa shape index (κ1) is 28.3. The van der Waals surface area contributed by atoms with E-state index in [1.54, 1.807) is 0 Å². The topological polar surface area (TPSA) is 75.6 Å². The van der Waals surface area contributed by atoms with Crippen LogP contribution in [0.15, 0.2) is 140 Å². The minimum absolute atomic E-state index is 0.109. The molecule has 6 heteroatoms. The van der Waals surface area contributed by atoms with E-state index < -0.39 is 22.9 Å². The number of thioether (sulfide) groups is 1. The molecular weight excluding hydrogens is 555 g/mol. The molecule has 0 saturated carbocycles. The van der Waals surface area contributed by atoms with Crippen LogP contribution in [0.5, 0.6) is 0 Å². The second-order valence-electron chi connectivity index (χ2n) is 10.5. The summed E-state index contributed by atoms with van der Waals surface area (Å²) in [5.74, 6) is -1.13. The first-order valence-electron chi connectivity index (χ1n) is 14.2. The second kappa shape index (κ2) is 12.6. The lowest BCUT2D eigenvalue weighted by atomic mass is 9.84. The van der Waals surface area contributed by atoms with Gasteiger partial charge in [0.05, 0.1) is 4.75 Å². The van der Waals surface area contributed by atoms with Gasteiger partial charge in [-0.15, -0.1) is 11.8 Å². The smallest absolute Gasteiger partial charge is 0.407 e. The van der Waals surface area contributed by atoms with E-state index in [1.165, 1.54) is 11.8 Å². The number of ether oxygens (including phenoxy) is 1. The van der Waals surface area contributed by atoms with Gasteiger partial charge in [0, 0.05) is 11.7 Å². The van der Waals surface area contributed by atoms with Crippen molar-refractivity contribution in [1.29, 1.82) is 0 Å². The number of carboxylic acids is 1. The van der Waals surface area contributed by atoms with Crippen molar-refractivity contribution >= 4 is 23.8 Å². The highest BCUT2D eigenvalue weighted by Gasteiger charge is 2.39. The van der Waals surface area contributed by atoms with Crippen LogP contribution in [-0.4, -0.2) is 35.6 Å². The number of alkyl carbamates (subject to hydrolysis) is 1. The van der Waals surface area contributed by atoms with Gasteiger partial charge in [-0.1, -0.05) is 140 Å². The Bertz CT molecular complexity index is 1570. The average Bonchev–Trinajstić information content (AvgIpc) is 3.38. The van der Waals surface area contributed by atoms with Crippen LogP contribution in [0.25, 0.3) is 11.1 Å². The number of amides is 1. The molecule has 0 radical (unpaired) electrons. The van der Waals surface area contributed by atoms with Crippen molar-refractivity contribution in [2.75, 3.05) is 12.4 Å². The molecule has 5 aromatic rings. The zero-order valence-corrected chi connectivity index (χ0v) is 24.2. The van der Waals surface area contributed by atoms with Gasteiger partial charge in [-0.25, -0.2) is 9.59 Å². The van der Waals surface area contributed by atoms with Crippen LogP contribution in [0.1, 0.15) is 33.7 Å². The third-order valence-electron chi connectivity index (χ3n) is 7.94. The van der Waals surface area contributed by atoms with Crippen molar-refractivity contribution in [3.05, 3.63) is 167 Å². The fraction of sp³-hybridized carbons (Fsp3) is 0.135. The summed E-state index contributed by atoms with van der Waals surface area (Å²) >= 11 is 1.48. The number of fused-ring (bicyclic) bond motifs is 3. The minimum Gasteiger partial charge on any atom is -0.480 e. The summed E-state index contributed by atoms with van der Waals surface area (Å²) in [7, 11) is 0. The van der Waals surface area contributed by atoms with Crippen molar-refractivity contribution in [1.82, 2.24) is 5.32 Å². The molecule has 0 spiro atoms. The highest BCUT2D eigenvalue weighted by atomic mass is 32.2. The summed E-state index contributed by atoms with van der Waals surface area (Å²) in [5.41, 5.74) is 7.51. The number of rotatable bonds is 10. The van der Waals surface area contributed by atoms with Gasteiger partial charge < -0.3 is 15.2 Å². The number of benzene rings is 5. The summed E-state index contributed by atoms with van der Waals surface area (Å²) in [4.78, 5) is 25.5. The van der Waals surface area contributed by atoms with E-state index in [4.69, 9.17) is 4.74 Å². The predicted octanol–water partition coefficient (Wildman–Crippen LogP) is 7.70. The Morgan fingerprint density at radius 1 is 0.674 bits per heavy atom. The second-order valence-corrected chi connectivity index (χ2v) is 11.7. The van der Waals surface area contributed by atoms with Crippen LogP contribution in [-0.2, 0) is 14.3 Å². The number of carboxylic acid groups (broad SMARTS) is 1. The van der Waals surface area contributed by atoms with Crippen LogP contribution in [0.4, 0.5) is 4.79 Å². The lowest BCUT2D eigenvalue weighted by molar-refractivity contribution is -0.138. The molecule has 0 aromatic heterocycles. The third-order valence-corrected chi connectivity index (χ3v) is 9.58. The lowest BCUT2D eigenvalue weighted by Gasteiger charge is -2.36. The van der Waals surface area contributed by atoms with Crippen molar-refractivity contribution in [2.45, 2.75) is 16.7 Å². The molecule has 43 heavy (non-hydrogen) atoms. The Morgan fingerprint density at radius 2 is 1.09 bits per heavy atom. The maximum absolute atomic E-state index is 13.1. The normalized spacial score (nSPS) is 13.0. The molecule has 5 aromatic carbocycles. The monoisotopic (exact) mass is 586 g/mol. The first-order valence-corrected chi connectivity index (χ1v) is 15.2. The van der Waals surface area contributed by atoms with E-state index in [0.29, 0.717) is 0 Å². The van der Waals surface area contributed by atoms with E-state index >= 15 is 0 Å². The third kappa shape index (κ3) is 5.66. The SMILES string of the molecule is O=C([15NH][C@@H](CSC(c1ccccc1)(c1ccccc1)c1ccccc1)C(=O)O)OCC1c2ccccc2-c2ccccc21. The van der Waals surface area contributed by atoms with Gasteiger partial charge in [-0.05, 0) is 38.9 Å². The molecule has 1 aliphatic carbocycles. The summed E-state index contributed by atoms with van der Waals surface area (Å²) < 4.78 is 4.98. The van der Waals surface area contributed by atoms with Crippen LogP contribution < -0.4 is 5.32 Å². The maximum atomic E-state index is 13.1. The number of carbonyl (C=O) groups excluding carboxylic acids is 1. The summed E-state index contributed by atoms with van der Waals surface area (Å²) in [6.07, 6.45) is -0.750. The van der Waals surface area contributed by atoms with Gasteiger partial charge in [-0.3, -0.25) is 0 Å². The first-order chi connectivity index (χ1) is 21.1. The van der Waals surface area contributed by atoms with Gasteiger partial charge in [0.2, 0.25) is 0 Å². The molecular formula is C37H31NO4S. The fourth-order valence-corrected chi connectivity index (χ4v) is 7.48. The Kier molecular flexibility index (Phi) is 8.29. The molecule has 0 heterocycles. The zero-order chi connectivity index (χ0) is 29.6. The van der Waals surface area contributed by atoms with E-state index in [2.05, 4.69) is 53.8 Å². The standard InChI is InChI=1S/C37H31NO4S/c39-35(40)34(38-36(41)42-24-33-31-22-12-10-20-29(31)30-21-11-13-23-32(30)33)25-43-37(26-14-4-1-5-15-26,27-16-6-2-7-17-27)28-18-8-3-9-19-28/h1-23,33-34H,24-25H2,(H,38,41)(H,39,40)/t34-/m0/s1/i38+1. The number of hydrogen-bond acceptors (Lipinski definition) is 4. The Hall–Kier alpha value is -4.81. The largest absolute Gasteiger partial charge is 0.480 e. The van der Waals surface area contributed by atoms with Gasteiger partial charge in [0.15, 0.2) is 0 Å². The molecule has 214 valence electrons. The van der Waals surface area contributed by atoms with Gasteiger partial charge in [0.1, 0.15) is 12.6 Å². The molecule has 1 atom stereocenters. The van der Waals surface area contributed by atoms with E-state index in [0.717, 1.165) is 38.9 Å². The molecule has 2 N–H and O–H groups in total. The van der Waals surface area contributed by atoms with Crippen molar-refractivity contribution in [3.8, 4) is 11.1 Å². The van der Waals surface area contributed by atoms with Crippen LogP contribution in [0, 0.1) is 0 Å². The lowest BCUT2D eigenvalue weighted by Crippen LogP contribution is -2.44. The van der Waals surface area contributed by atoms with Gasteiger partial charge in [0.25, 0.3) is 0 Å². The van der Waals surface area contributed by atoms with Gasteiger partial charge >= 0.3 is 12.1 Å². The maximum Gasteiger partial charge on any atom is 0.407 e. The number of hydrogen-bond donors (Lipinski definition) is 2. The zero-order valence-electron chi connectivity index (χ0n) is 23.4. The van der Waals surface area contributed by atoms with Crippen molar-refractivity contribution in [2.24, 2.45) is 0 Å². The minimum atomic E-state index is -1.17. The Balaban J connectivity index is 1.23. The van der Waals surface area contributed by atoms with Crippen LogP contribution in [0.3, 0.4) is 0 Å². The van der Waals surface area contributed by atoms with Crippen molar-refractivity contribution in [3.63, 3.8) is 0 Å². The number of carbonyl (C=O) groups is 2. The number of nitrogens with one attached hydrogen (secondary N) is 1. The summed E-state index contributed by atoms with van der Waals surface area (Å²) in [6.45, 7) is 0.112. The summed E-state index contributed by atoms with van der Waals surface area (Å²) in [6, 6.07) is 45.2. The van der Waals surface area contributed by atoms with Crippen molar-refractivity contribution < 1.29 is 19.4 Å². The fourth-order valence-electron chi connectivity index (χ4n) is 5.93. The molecule has 0 fully saturated rings. The van der Waals surface area contributed by atoms with Gasteiger partial charge in [-0.2, -0.15) is 0 Å². The number of aliphatic carboxylic acids is 1. The molecule has 0 saturated heterocycles. The summed E-state index contributed by atoms with van der Waals surface area (Å²) in [5, 5.41) is 12.8. The van der Waals surface area contributed by atoms with E-state index in [1.807, 2.05) is 91.0 Å². The Labute approximate surface area is 255 Å². The van der Waals surface area contributed by atoms with Crippen LogP contribution >= 0.6 is 11.8 Å².